The number of hydrogen-bond acceptors (Lipinski definition) is 4. The maximum absolute atomic E-state index is 12.9. The van der Waals surface area contributed by atoms with Crippen LogP contribution in [0.15, 0.2) is 73.1 Å². The van der Waals surface area contributed by atoms with Crippen LogP contribution in [-0.2, 0) is 13.0 Å². The lowest BCUT2D eigenvalue weighted by atomic mass is 10.1. The van der Waals surface area contributed by atoms with Gasteiger partial charge in [-0.15, -0.1) is 0 Å². The van der Waals surface area contributed by atoms with Gasteiger partial charge in [0.2, 0.25) is 0 Å². The van der Waals surface area contributed by atoms with Crippen LogP contribution in [0.3, 0.4) is 0 Å². The normalized spacial score (nSPS) is 10.7. The molecule has 0 fully saturated rings. The summed E-state index contributed by atoms with van der Waals surface area (Å²) in [6.45, 7) is 5.38. The molecule has 3 rings (SSSR count). The van der Waals surface area contributed by atoms with Gasteiger partial charge in [-0.1, -0.05) is 60.7 Å². The first-order chi connectivity index (χ1) is 14.1. The van der Waals surface area contributed by atoms with Gasteiger partial charge in [-0.3, -0.25) is 4.79 Å². The topological polar surface area (TPSA) is 58.1 Å². The van der Waals surface area contributed by atoms with Gasteiger partial charge in [0, 0.05) is 19.1 Å². The zero-order chi connectivity index (χ0) is 20.5. The molecule has 3 aromatic rings. The number of carbonyl (C=O) groups excluding carboxylic acids is 1. The van der Waals surface area contributed by atoms with Crippen LogP contribution in [0.25, 0.3) is 0 Å². The Morgan fingerprint density at radius 2 is 1.59 bits per heavy atom. The summed E-state index contributed by atoms with van der Waals surface area (Å²) in [6, 6.07) is 20.5. The van der Waals surface area contributed by atoms with E-state index in [9.17, 15) is 4.79 Å². The summed E-state index contributed by atoms with van der Waals surface area (Å²) in [7, 11) is 0. The molecule has 0 aliphatic heterocycles. The highest BCUT2D eigenvalue weighted by Crippen LogP contribution is 2.13. The van der Waals surface area contributed by atoms with Crippen molar-refractivity contribution in [3.63, 3.8) is 0 Å². The van der Waals surface area contributed by atoms with E-state index in [1.54, 1.807) is 12.4 Å². The molecule has 150 valence electrons. The number of carbonyl (C=O) groups is 1. The van der Waals surface area contributed by atoms with Gasteiger partial charge in [-0.25, -0.2) is 9.97 Å². The molecule has 5 heteroatoms. The summed E-state index contributed by atoms with van der Waals surface area (Å²) in [6.07, 6.45) is 5.21. The van der Waals surface area contributed by atoms with E-state index in [4.69, 9.17) is 0 Å². The first kappa shape index (κ1) is 20.5. The molecular weight excluding hydrogens is 360 g/mol. The Morgan fingerprint density at radius 3 is 2.17 bits per heavy atom. The number of amides is 1. The zero-order valence-electron chi connectivity index (χ0n) is 17.1. The van der Waals surface area contributed by atoms with Gasteiger partial charge in [0.05, 0.1) is 12.4 Å². The van der Waals surface area contributed by atoms with Gasteiger partial charge in [0.25, 0.3) is 5.91 Å². The Bertz CT molecular complexity index is 880. The lowest BCUT2D eigenvalue weighted by Gasteiger charge is -2.26. The number of nitrogens with zero attached hydrogens (tertiary/aromatic N) is 3. The second kappa shape index (κ2) is 10.4. The van der Waals surface area contributed by atoms with Crippen LogP contribution in [-0.4, -0.2) is 33.4 Å². The van der Waals surface area contributed by atoms with Gasteiger partial charge >= 0.3 is 0 Å². The fourth-order valence-corrected chi connectivity index (χ4v) is 3.10. The molecule has 0 saturated carbocycles. The lowest BCUT2D eigenvalue weighted by Crippen LogP contribution is -2.37. The molecule has 0 radical (unpaired) electrons. The van der Waals surface area contributed by atoms with Gasteiger partial charge in [-0.05, 0) is 37.8 Å². The third kappa shape index (κ3) is 6.14. The number of aromatic nitrogens is 2. The third-order valence-corrected chi connectivity index (χ3v) is 4.74. The van der Waals surface area contributed by atoms with Crippen molar-refractivity contribution in [2.45, 2.75) is 39.3 Å². The van der Waals surface area contributed by atoms with E-state index < -0.39 is 0 Å². The second-order valence-electron chi connectivity index (χ2n) is 7.32. The van der Waals surface area contributed by atoms with Crippen molar-refractivity contribution in [1.29, 1.82) is 0 Å². The molecule has 0 saturated heterocycles. The molecule has 5 nitrogen and oxygen atoms in total. The Morgan fingerprint density at radius 1 is 0.931 bits per heavy atom. The molecule has 0 aliphatic carbocycles. The lowest BCUT2D eigenvalue weighted by molar-refractivity contribution is 0.0684. The number of nitrogens with one attached hydrogen (secondary N) is 1. The van der Waals surface area contributed by atoms with Crippen molar-refractivity contribution in [3.05, 3.63) is 89.9 Å². The minimum absolute atomic E-state index is 0.0697. The Kier molecular flexibility index (Phi) is 7.34. The van der Waals surface area contributed by atoms with Crippen LogP contribution in [0.5, 0.6) is 0 Å². The summed E-state index contributed by atoms with van der Waals surface area (Å²) in [5.74, 6) is 0.584. The summed E-state index contributed by atoms with van der Waals surface area (Å²) in [5, 5.41) is 3.27. The van der Waals surface area contributed by atoms with E-state index in [0.29, 0.717) is 18.1 Å². The molecular formula is C24H28N4O. The average Bonchev–Trinajstić information content (AvgIpc) is 2.76. The largest absolute Gasteiger partial charge is 0.369 e. The fourth-order valence-electron chi connectivity index (χ4n) is 3.10. The zero-order valence-corrected chi connectivity index (χ0v) is 17.1. The van der Waals surface area contributed by atoms with E-state index in [0.717, 1.165) is 24.9 Å². The number of aryl methyl sites for hydroxylation is 1. The van der Waals surface area contributed by atoms with Gasteiger partial charge in [0.1, 0.15) is 11.5 Å². The Labute approximate surface area is 172 Å². The molecule has 0 atom stereocenters. The van der Waals surface area contributed by atoms with Crippen molar-refractivity contribution in [1.82, 2.24) is 14.9 Å². The maximum Gasteiger partial charge on any atom is 0.274 e. The maximum atomic E-state index is 12.9. The minimum atomic E-state index is -0.105. The summed E-state index contributed by atoms with van der Waals surface area (Å²) in [5.41, 5.74) is 2.79. The molecule has 1 N–H and O–H groups in total. The first-order valence-corrected chi connectivity index (χ1v) is 10.1. The first-order valence-electron chi connectivity index (χ1n) is 10.1. The Balaban J connectivity index is 1.54. The van der Waals surface area contributed by atoms with Crippen molar-refractivity contribution in [3.8, 4) is 0 Å². The number of hydrogen-bond donors (Lipinski definition) is 1. The second-order valence-corrected chi connectivity index (χ2v) is 7.32. The van der Waals surface area contributed by atoms with Crippen LogP contribution in [0.1, 0.15) is 41.9 Å². The molecule has 29 heavy (non-hydrogen) atoms. The monoisotopic (exact) mass is 388 g/mol. The molecule has 0 bridgehead atoms. The van der Waals surface area contributed by atoms with Crippen LogP contribution in [0.2, 0.25) is 0 Å². The predicted molar refractivity (Wildman–Crippen MR) is 117 cm³/mol. The molecule has 1 amide bonds. The van der Waals surface area contributed by atoms with E-state index in [1.807, 2.05) is 55.1 Å². The van der Waals surface area contributed by atoms with Crippen molar-refractivity contribution in [2.75, 3.05) is 11.9 Å². The van der Waals surface area contributed by atoms with Crippen molar-refractivity contribution in [2.24, 2.45) is 0 Å². The molecule has 0 unspecified atom stereocenters. The molecule has 2 aromatic carbocycles. The van der Waals surface area contributed by atoms with Crippen LogP contribution in [0.4, 0.5) is 5.82 Å². The standard InChI is InChI=1S/C24H28N4O/c1-19(2)28(18-21-12-7-4-8-13-21)24(29)22-16-27-23(17-26-22)25-15-9-14-20-10-5-3-6-11-20/h3-8,10-13,16-17,19H,9,14-15,18H2,1-2H3,(H,25,27). The highest BCUT2D eigenvalue weighted by molar-refractivity contribution is 5.92. The molecule has 0 spiro atoms. The van der Waals surface area contributed by atoms with E-state index in [2.05, 4.69) is 39.6 Å². The molecule has 0 aliphatic rings. The number of benzene rings is 2. The smallest absolute Gasteiger partial charge is 0.274 e. The Hall–Kier alpha value is -3.21. The van der Waals surface area contributed by atoms with E-state index >= 15 is 0 Å². The number of anilines is 1. The molecule has 1 heterocycles. The summed E-state index contributed by atoms with van der Waals surface area (Å²) < 4.78 is 0. The third-order valence-electron chi connectivity index (χ3n) is 4.74. The van der Waals surface area contributed by atoms with Gasteiger partial charge < -0.3 is 10.2 Å². The molecule has 1 aromatic heterocycles. The minimum Gasteiger partial charge on any atom is -0.369 e. The number of rotatable bonds is 9. The van der Waals surface area contributed by atoms with Gasteiger partial charge in [-0.2, -0.15) is 0 Å². The van der Waals surface area contributed by atoms with Crippen molar-refractivity contribution < 1.29 is 4.79 Å². The highest BCUT2D eigenvalue weighted by Gasteiger charge is 2.20. The van der Waals surface area contributed by atoms with E-state index in [-0.39, 0.29) is 11.9 Å². The van der Waals surface area contributed by atoms with Crippen molar-refractivity contribution >= 4 is 11.7 Å². The quantitative estimate of drug-likeness (QED) is 0.546. The van der Waals surface area contributed by atoms with E-state index in [1.165, 1.54) is 5.56 Å². The highest BCUT2D eigenvalue weighted by atomic mass is 16.2. The van der Waals surface area contributed by atoms with Crippen LogP contribution < -0.4 is 5.32 Å². The summed E-state index contributed by atoms with van der Waals surface area (Å²) >= 11 is 0. The fraction of sp³-hybridized carbons (Fsp3) is 0.292. The van der Waals surface area contributed by atoms with Crippen LogP contribution >= 0.6 is 0 Å². The average molecular weight is 389 g/mol. The van der Waals surface area contributed by atoms with Crippen LogP contribution in [0, 0.1) is 0 Å². The van der Waals surface area contributed by atoms with Gasteiger partial charge in [0.15, 0.2) is 0 Å². The summed E-state index contributed by atoms with van der Waals surface area (Å²) in [4.78, 5) is 23.5. The SMILES string of the molecule is CC(C)N(Cc1ccccc1)C(=O)c1cnc(NCCCc2ccccc2)cn1. The predicted octanol–water partition coefficient (Wildman–Crippen LogP) is 4.57.